The Morgan fingerprint density at radius 1 is 1.00 bits per heavy atom. The van der Waals surface area contributed by atoms with Gasteiger partial charge >= 0.3 is 6.09 Å². The van der Waals surface area contributed by atoms with Crippen LogP contribution >= 0.6 is 0 Å². The van der Waals surface area contributed by atoms with Gasteiger partial charge in [0.15, 0.2) is 0 Å². The number of nitrogens with zero attached hydrogens (tertiary/aromatic N) is 2. The van der Waals surface area contributed by atoms with Gasteiger partial charge in [0, 0.05) is 20.9 Å². The molecule has 1 aromatic heterocycles. The minimum atomic E-state index is -1.34. The van der Waals surface area contributed by atoms with Crippen LogP contribution in [0.1, 0.15) is 26.3 Å². The summed E-state index contributed by atoms with van der Waals surface area (Å²) in [5.41, 5.74) is 0.510. The van der Waals surface area contributed by atoms with Crippen molar-refractivity contribution in [3.05, 3.63) is 94.9 Å². The van der Waals surface area contributed by atoms with Crippen molar-refractivity contribution in [2.45, 2.75) is 42.7 Å². The van der Waals surface area contributed by atoms with Gasteiger partial charge in [-0.3, -0.25) is 10.1 Å². The maximum absolute atomic E-state index is 13.0. The van der Waals surface area contributed by atoms with Crippen molar-refractivity contribution in [1.29, 1.82) is 0 Å². The molecule has 0 radical (unpaired) electrons. The fourth-order valence-corrected chi connectivity index (χ4v) is 4.52. The second-order valence-corrected chi connectivity index (χ2v) is 10.2. The number of rotatable bonds is 5. The summed E-state index contributed by atoms with van der Waals surface area (Å²) in [7, 11) is -1.34. The molecule has 1 atom stereocenters. The van der Waals surface area contributed by atoms with Crippen LogP contribution in [0.2, 0.25) is 0 Å². The quantitative estimate of drug-likeness (QED) is 0.441. The molecule has 0 bridgehead atoms. The Labute approximate surface area is 199 Å². The molecule has 4 rings (SSSR count). The molecule has 3 aromatic carbocycles. The lowest BCUT2D eigenvalue weighted by Crippen LogP contribution is -2.27. The molecule has 1 unspecified atom stereocenters. The number of hydrogen-bond acceptors (Lipinski definition) is 5. The van der Waals surface area contributed by atoms with E-state index in [0.717, 1.165) is 5.56 Å². The van der Waals surface area contributed by atoms with Crippen LogP contribution in [-0.2, 0) is 22.1 Å². The molecule has 0 fully saturated rings. The molecule has 0 aliphatic rings. The summed E-state index contributed by atoms with van der Waals surface area (Å²) in [5, 5.41) is 8.13. The van der Waals surface area contributed by atoms with Gasteiger partial charge < -0.3 is 4.74 Å². The van der Waals surface area contributed by atoms with Crippen LogP contribution in [0.5, 0.6) is 0 Å². The molecule has 0 aliphatic carbocycles. The highest BCUT2D eigenvalue weighted by Gasteiger charge is 2.16. The van der Waals surface area contributed by atoms with Crippen molar-refractivity contribution in [3.63, 3.8) is 0 Å². The van der Waals surface area contributed by atoms with Crippen LogP contribution < -0.4 is 10.9 Å². The first-order chi connectivity index (χ1) is 16.2. The van der Waals surface area contributed by atoms with E-state index in [1.54, 1.807) is 63.4 Å². The zero-order valence-corrected chi connectivity index (χ0v) is 20.0. The van der Waals surface area contributed by atoms with Gasteiger partial charge in [0.1, 0.15) is 5.60 Å². The fraction of sp³-hybridized carbons (Fsp3) is 0.192. The van der Waals surface area contributed by atoms with Gasteiger partial charge in [0.05, 0.1) is 28.9 Å². The Hall–Kier alpha value is -3.78. The molecule has 0 spiro atoms. The molecule has 34 heavy (non-hydrogen) atoms. The molecule has 4 aromatic rings. The van der Waals surface area contributed by atoms with E-state index >= 15 is 0 Å². The van der Waals surface area contributed by atoms with Crippen molar-refractivity contribution in [1.82, 2.24) is 9.78 Å². The van der Waals surface area contributed by atoms with E-state index < -0.39 is 22.5 Å². The predicted octanol–water partition coefficient (Wildman–Crippen LogP) is 4.96. The van der Waals surface area contributed by atoms with Crippen molar-refractivity contribution in [2.75, 3.05) is 5.32 Å². The van der Waals surface area contributed by atoms with Gasteiger partial charge in [-0.15, -0.1) is 0 Å². The number of amides is 1. The molecule has 8 heteroatoms. The Morgan fingerprint density at radius 3 is 2.50 bits per heavy atom. The third-order valence-corrected chi connectivity index (χ3v) is 6.28. The van der Waals surface area contributed by atoms with E-state index in [1.165, 1.54) is 4.68 Å². The average Bonchev–Trinajstić information content (AvgIpc) is 2.80. The fourth-order valence-electron chi connectivity index (χ4n) is 3.42. The molecule has 0 aliphatic heterocycles. The van der Waals surface area contributed by atoms with E-state index in [4.69, 9.17) is 4.74 Å². The summed E-state index contributed by atoms with van der Waals surface area (Å²) in [4.78, 5) is 26.4. The highest BCUT2D eigenvalue weighted by atomic mass is 32.2. The molecule has 1 amide bonds. The lowest BCUT2D eigenvalue weighted by molar-refractivity contribution is 0.0636. The van der Waals surface area contributed by atoms with Gasteiger partial charge in [-0.05, 0) is 68.8 Å². The second kappa shape index (κ2) is 9.61. The maximum atomic E-state index is 13.0. The van der Waals surface area contributed by atoms with Gasteiger partial charge in [0.25, 0.3) is 5.56 Å². The van der Waals surface area contributed by atoms with E-state index in [2.05, 4.69) is 10.4 Å². The highest BCUT2D eigenvalue weighted by Crippen LogP contribution is 2.20. The van der Waals surface area contributed by atoms with E-state index in [-0.39, 0.29) is 12.1 Å². The van der Waals surface area contributed by atoms with Crippen LogP contribution in [0.15, 0.2) is 93.6 Å². The van der Waals surface area contributed by atoms with Crippen LogP contribution in [0.4, 0.5) is 10.5 Å². The van der Waals surface area contributed by atoms with Gasteiger partial charge in [0.2, 0.25) is 0 Å². The summed E-state index contributed by atoms with van der Waals surface area (Å²) in [5.74, 6) is 0. The normalized spacial score (nSPS) is 12.3. The molecule has 0 saturated carbocycles. The van der Waals surface area contributed by atoms with Crippen LogP contribution in [0.25, 0.3) is 10.8 Å². The lowest BCUT2D eigenvalue weighted by atomic mass is 10.2. The van der Waals surface area contributed by atoms with Crippen molar-refractivity contribution >= 4 is 33.4 Å². The number of ether oxygens (including phenoxy) is 1. The molecular formula is C26H25N3O4S. The first-order valence-electron chi connectivity index (χ1n) is 10.8. The number of aromatic nitrogens is 2. The molecular weight excluding hydrogens is 450 g/mol. The Balaban J connectivity index is 1.55. The summed E-state index contributed by atoms with van der Waals surface area (Å²) in [6, 6.07) is 21.5. The first-order valence-corrected chi connectivity index (χ1v) is 11.9. The number of carbonyl (C=O) groups excluding carboxylic acids is 1. The Morgan fingerprint density at radius 2 is 1.76 bits per heavy atom. The smallest absolute Gasteiger partial charge is 0.412 e. The average molecular weight is 476 g/mol. The number of hydrogen-bond donors (Lipinski definition) is 1. The molecule has 7 nitrogen and oxygen atoms in total. The van der Waals surface area contributed by atoms with E-state index in [0.29, 0.717) is 26.3 Å². The van der Waals surface area contributed by atoms with Gasteiger partial charge in [-0.1, -0.05) is 30.3 Å². The maximum Gasteiger partial charge on any atom is 0.412 e. The van der Waals surface area contributed by atoms with Crippen LogP contribution in [0, 0.1) is 0 Å². The molecule has 174 valence electrons. The third kappa shape index (κ3) is 5.58. The first kappa shape index (κ1) is 23.4. The number of anilines is 1. The summed E-state index contributed by atoms with van der Waals surface area (Å²) >= 11 is 0. The van der Waals surface area contributed by atoms with Gasteiger partial charge in [-0.2, -0.15) is 5.10 Å². The molecule has 0 saturated heterocycles. The Kier molecular flexibility index (Phi) is 6.61. The monoisotopic (exact) mass is 475 g/mol. The third-order valence-electron chi connectivity index (χ3n) is 4.90. The number of fused-ring (bicyclic) bond motifs is 1. The van der Waals surface area contributed by atoms with Crippen molar-refractivity contribution in [2.24, 2.45) is 0 Å². The van der Waals surface area contributed by atoms with Crippen LogP contribution in [-0.4, -0.2) is 25.7 Å². The largest absolute Gasteiger partial charge is 0.444 e. The topological polar surface area (TPSA) is 90.3 Å². The Bertz CT molecular complexity index is 1430. The van der Waals surface area contributed by atoms with Gasteiger partial charge in [-0.25, -0.2) is 13.7 Å². The summed E-state index contributed by atoms with van der Waals surface area (Å²) in [6.07, 6.45) is 1.06. The van der Waals surface area contributed by atoms with E-state index in [1.807, 2.05) is 36.4 Å². The second-order valence-electron chi connectivity index (χ2n) is 8.77. The van der Waals surface area contributed by atoms with Crippen molar-refractivity contribution in [3.8, 4) is 0 Å². The number of benzene rings is 3. The SMILES string of the molecule is CC(C)(C)OC(=O)Nc1cccc(Cn2ncc3cc(S(=O)c4ccccc4)ccc3c2=O)c1. The summed E-state index contributed by atoms with van der Waals surface area (Å²) in [6.45, 7) is 5.62. The molecule has 1 heterocycles. The predicted molar refractivity (Wildman–Crippen MR) is 133 cm³/mol. The molecule has 1 N–H and O–H groups in total. The minimum absolute atomic E-state index is 0.232. The lowest BCUT2D eigenvalue weighted by Gasteiger charge is -2.19. The van der Waals surface area contributed by atoms with Crippen molar-refractivity contribution < 1.29 is 13.7 Å². The zero-order valence-electron chi connectivity index (χ0n) is 19.1. The zero-order chi connectivity index (χ0) is 24.3. The minimum Gasteiger partial charge on any atom is -0.444 e. The van der Waals surface area contributed by atoms with E-state index in [9.17, 15) is 13.8 Å². The summed E-state index contributed by atoms with van der Waals surface area (Å²) < 4.78 is 19.5. The number of nitrogens with one attached hydrogen (secondary N) is 1. The number of carbonyl (C=O) groups is 1. The van der Waals surface area contributed by atoms with Crippen LogP contribution in [0.3, 0.4) is 0 Å². The standard InChI is InChI=1S/C26H25N3O4S/c1-26(2,3)33-25(31)28-20-9-7-8-18(14-20)17-29-24(30)23-13-12-22(15-19(23)16-27-29)34(32)21-10-5-4-6-11-21/h4-16H,17H2,1-3H3,(H,28,31). The highest BCUT2D eigenvalue weighted by molar-refractivity contribution is 7.85.